The first kappa shape index (κ1) is 32.6. The van der Waals surface area contributed by atoms with Crippen LogP contribution in [0.25, 0.3) is 0 Å². The predicted molar refractivity (Wildman–Crippen MR) is 117 cm³/mol. The number of hydrogen-bond donors (Lipinski definition) is 0. The topological polar surface area (TPSA) is 172 Å². The van der Waals surface area contributed by atoms with Gasteiger partial charge in [-0.15, -0.1) is 0 Å². The van der Waals surface area contributed by atoms with Gasteiger partial charge in [0.1, 0.15) is 30.4 Å². The minimum Gasteiger partial charge on any atom is -0.744 e. The molecule has 0 unspecified atom stereocenters. The summed E-state index contributed by atoms with van der Waals surface area (Å²) in [4.78, 5) is -0.533. The van der Waals surface area contributed by atoms with Crippen LogP contribution in [0.5, 0.6) is 0 Å². The zero-order valence-electron chi connectivity index (χ0n) is 18.1. The summed E-state index contributed by atoms with van der Waals surface area (Å²) in [7, 11) is -12.8. The maximum atomic E-state index is 10.4. The Morgan fingerprint density at radius 2 is 0.559 bits per heavy atom. The molecule has 0 aromatic heterocycles. The van der Waals surface area contributed by atoms with Crippen molar-refractivity contribution >= 4 is 30.4 Å². The van der Waals surface area contributed by atoms with Crippen LogP contribution in [0.3, 0.4) is 0 Å². The summed E-state index contributed by atoms with van der Waals surface area (Å²) in [5, 5.41) is 0. The molecule has 3 aromatic rings. The van der Waals surface area contributed by atoms with Gasteiger partial charge in [0.15, 0.2) is 0 Å². The number of aryl methyl sites for hydroxylation is 3. The van der Waals surface area contributed by atoms with Gasteiger partial charge in [0.2, 0.25) is 0 Å². The Bertz CT molecular complexity index is 1190. The van der Waals surface area contributed by atoms with E-state index in [4.69, 9.17) is 0 Å². The molecule has 0 aliphatic rings. The second-order valence-electron chi connectivity index (χ2n) is 6.80. The SMILES string of the molecule is Cc1ccc(S(=O)(=O)[O-])cc1.Cc1ccc(S(=O)(=O)[O-])cc1.Cc1ccc(S(=O)(=O)[O-])cc1.[Tm+3]. The molecule has 34 heavy (non-hydrogen) atoms. The van der Waals surface area contributed by atoms with Gasteiger partial charge in [0.05, 0.1) is 14.7 Å². The van der Waals surface area contributed by atoms with Crippen molar-refractivity contribution in [1.29, 1.82) is 0 Å². The average Bonchev–Trinajstić information content (AvgIpc) is 2.68. The summed E-state index contributed by atoms with van der Waals surface area (Å²) >= 11 is 0. The normalized spacial score (nSPS) is 11.1. The standard InChI is InChI=1S/3C7H8O3S.Tm/c3*1-6-2-4-7(5-3-6)11(8,9)10;/h3*2-5H,1H3,(H,8,9,10);/q;;;+3/p-3. The number of hydrogen-bond acceptors (Lipinski definition) is 9. The Morgan fingerprint density at radius 3 is 0.676 bits per heavy atom. The van der Waals surface area contributed by atoms with Gasteiger partial charge in [-0.1, -0.05) is 53.1 Å². The van der Waals surface area contributed by atoms with Crippen molar-refractivity contribution in [3.8, 4) is 0 Å². The van der Waals surface area contributed by atoms with E-state index in [2.05, 4.69) is 0 Å². The van der Waals surface area contributed by atoms with Crippen LogP contribution in [-0.4, -0.2) is 38.9 Å². The van der Waals surface area contributed by atoms with Crippen LogP contribution in [0, 0.1) is 57.6 Å². The van der Waals surface area contributed by atoms with Gasteiger partial charge in [-0.3, -0.25) is 0 Å². The summed E-state index contributed by atoms with van der Waals surface area (Å²) in [6.45, 7) is 5.46. The fourth-order valence-electron chi connectivity index (χ4n) is 2.11. The van der Waals surface area contributed by atoms with Gasteiger partial charge in [-0.05, 0) is 57.2 Å². The smallest absolute Gasteiger partial charge is 0.744 e. The molecule has 0 atom stereocenters. The van der Waals surface area contributed by atoms with Crippen molar-refractivity contribution in [1.82, 2.24) is 0 Å². The van der Waals surface area contributed by atoms with E-state index in [0.29, 0.717) is 0 Å². The molecule has 0 fully saturated rings. The largest absolute Gasteiger partial charge is 3.00 e. The first-order valence-corrected chi connectivity index (χ1v) is 13.3. The Hall–Kier alpha value is -1.38. The summed E-state index contributed by atoms with van der Waals surface area (Å²) in [5.74, 6) is 0. The van der Waals surface area contributed by atoms with Crippen molar-refractivity contribution in [3.05, 3.63) is 89.5 Å². The summed E-state index contributed by atoms with van der Waals surface area (Å²) in [6.07, 6.45) is 0. The van der Waals surface area contributed by atoms with Crippen molar-refractivity contribution < 1.29 is 75.8 Å². The third-order valence-electron chi connectivity index (χ3n) is 3.93. The Labute approximate surface area is 229 Å². The summed E-state index contributed by atoms with van der Waals surface area (Å²) in [6, 6.07) is 17.3. The van der Waals surface area contributed by atoms with Crippen molar-refractivity contribution in [3.63, 3.8) is 0 Å². The molecule has 0 aliphatic heterocycles. The van der Waals surface area contributed by atoms with Crippen LogP contribution >= 0.6 is 0 Å². The van der Waals surface area contributed by atoms with E-state index in [1.54, 1.807) is 36.4 Å². The molecular formula is C21H21O9S3Tm. The molecule has 3 rings (SSSR count). The van der Waals surface area contributed by atoms with Crippen molar-refractivity contribution in [2.45, 2.75) is 35.5 Å². The molecule has 9 nitrogen and oxygen atoms in total. The zero-order chi connectivity index (χ0) is 25.4. The quantitative estimate of drug-likeness (QED) is 0.377. The van der Waals surface area contributed by atoms with E-state index >= 15 is 0 Å². The monoisotopic (exact) mass is 682 g/mol. The van der Waals surface area contributed by atoms with Crippen LogP contribution in [0.1, 0.15) is 16.7 Å². The third-order valence-corrected chi connectivity index (χ3v) is 6.48. The van der Waals surface area contributed by atoms with Crippen molar-refractivity contribution in [2.24, 2.45) is 0 Å². The van der Waals surface area contributed by atoms with E-state index in [9.17, 15) is 38.9 Å². The molecule has 0 radical (unpaired) electrons. The van der Waals surface area contributed by atoms with E-state index in [1.807, 2.05) is 20.8 Å². The van der Waals surface area contributed by atoms with Gasteiger partial charge in [-0.25, -0.2) is 25.3 Å². The van der Waals surface area contributed by atoms with Crippen LogP contribution in [-0.2, 0) is 30.4 Å². The fourth-order valence-corrected chi connectivity index (χ4v) is 3.52. The molecule has 0 spiro atoms. The van der Waals surface area contributed by atoms with E-state index in [-0.39, 0.29) is 51.6 Å². The minimum absolute atomic E-state index is 0. The molecule has 0 amide bonds. The zero-order valence-corrected chi connectivity index (χ0v) is 22.3. The van der Waals surface area contributed by atoms with Gasteiger partial charge in [-0.2, -0.15) is 0 Å². The van der Waals surface area contributed by atoms with E-state index in [1.165, 1.54) is 36.4 Å². The molecule has 0 bridgehead atoms. The van der Waals surface area contributed by atoms with E-state index in [0.717, 1.165) is 16.7 Å². The maximum absolute atomic E-state index is 10.4. The third kappa shape index (κ3) is 12.4. The molecule has 0 aliphatic carbocycles. The molecule has 0 heterocycles. The second-order valence-corrected chi connectivity index (χ2v) is 10.9. The molecule has 13 heteroatoms. The van der Waals surface area contributed by atoms with Crippen LogP contribution in [0.4, 0.5) is 0 Å². The first-order valence-electron chi connectivity index (χ1n) is 9.08. The molecule has 3 aromatic carbocycles. The predicted octanol–water partition coefficient (Wildman–Crippen LogP) is 2.70. The number of benzene rings is 3. The van der Waals surface area contributed by atoms with Crippen LogP contribution in [0.2, 0.25) is 0 Å². The van der Waals surface area contributed by atoms with Gasteiger partial charge in [0.25, 0.3) is 0 Å². The van der Waals surface area contributed by atoms with Gasteiger partial charge >= 0.3 is 36.9 Å². The fraction of sp³-hybridized carbons (Fsp3) is 0.143. The molecule has 0 saturated carbocycles. The minimum atomic E-state index is -4.27. The number of rotatable bonds is 3. The van der Waals surface area contributed by atoms with E-state index < -0.39 is 30.4 Å². The Kier molecular flexibility index (Phi) is 13.1. The first-order chi connectivity index (χ1) is 15.0. The molecular weight excluding hydrogens is 661 g/mol. The van der Waals surface area contributed by atoms with Gasteiger partial charge in [0, 0.05) is 0 Å². The van der Waals surface area contributed by atoms with Crippen LogP contribution < -0.4 is 0 Å². The second kappa shape index (κ2) is 13.6. The van der Waals surface area contributed by atoms with Crippen LogP contribution in [0.15, 0.2) is 87.5 Å². The average molecular weight is 683 g/mol. The van der Waals surface area contributed by atoms with Gasteiger partial charge < -0.3 is 13.7 Å². The Morgan fingerprint density at radius 1 is 0.412 bits per heavy atom. The molecule has 0 saturated heterocycles. The molecule has 190 valence electrons. The molecule has 0 N–H and O–H groups in total. The van der Waals surface area contributed by atoms with Crippen molar-refractivity contribution in [2.75, 3.05) is 0 Å². The maximum Gasteiger partial charge on any atom is 3.00 e. The summed E-state index contributed by atoms with van der Waals surface area (Å²) in [5.41, 5.74) is 2.78. The summed E-state index contributed by atoms with van der Waals surface area (Å²) < 4.78 is 93.5. The Balaban J connectivity index is 0.000000473.